The van der Waals surface area contributed by atoms with Gasteiger partial charge in [-0.15, -0.1) is 0 Å². The molecule has 1 atom stereocenters. The Labute approximate surface area is 103 Å². The van der Waals surface area contributed by atoms with Crippen LogP contribution in [0, 0.1) is 5.92 Å². The number of benzene rings is 1. The normalized spacial score (nSPS) is 13.7. The molecule has 4 heteroatoms. The molecule has 1 aromatic carbocycles. The summed E-state index contributed by atoms with van der Waals surface area (Å²) in [7, 11) is 1.72. The number of rotatable bonds is 4. The van der Waals surface area contributed by atoms with Crippen LogP contribution in [0.5, 0.6) is 0 Å². The maximum absolute atomic E-state index is 9.81. The molecule has 0 saturated carbocycles. The molecule has 1 unspecified atom stereocenters. The van der Waals surface area contributed by atoms with Crippen LogP contribution < -0.4 is 0 Å². The lowest BCUT2D eigenvalue weighted by Gasteiger charge is -2.24. The third-order valence-corrected chi connectivity index (χ3v) is 3.13. The van der Waals surface area contributed by atoms with E-state index >= 15 is 0 Å². The van der Waals surface area contributed by atoms with E-state index < -0.39 is 0 Å². The highest BCUT2D eigenvalue weighted by molar-refractivity contribution is 6.03. The molecule has 3 nitrogen and oxygen atoms in total. The lowest BCUT2D eigenvalue weighted by atomic mass is 9.95. The van der Waals surface area contributed by atoms with Gasteiger partial charge < -0.3 is 10.2 Å². The molecule has 0 spiro atoms. The second-order valence-electron chi connectivity index (χ2n) is 5.01. The largest absolute Gasteiger partial charge is 0.361 e. The summed E-state index contributed by atoms with van der Waals surface area (Å²) >= 11 is 0. The molecule has 0 aliphatic carbocycles. The van der Waals surface area contributed by atoms with Gasteiger partial charge in [-0.25, -0.2) is 4.97 Å². The van der Waals surface area contributed by atoms with Crippen LogP contribution in [0.2, 0.25) is 0 Å². The molecule has 1 aromatic heterocycles. The van der Waals surface area contributed by atoms with Crippen molar-refractivity contribution in [3.8, 4) is 0 Å². The molecule has 1 heterocycles. The minimum Gasteiger partial charge on any atom is -0.361 e. The van der Waals surface area contributed by atoms with Gasteiger partial charge in [0, 0.05) is 23.1 Å². The van der Waals surface area contributed by atoms with E-state index in [0.29, 0.717) is 5.92 Å². The summed E-state index contributed by atoms with van der Waals surface area (Å²) in [6, 6.07) is 8.25. The van der Waals surface area contributed by atoms with E-state index in [9.17, 15) is 5.21 Å². The fourth-order valence-electron chi connectivity index (χ4n) is 2.30. The van der Waals surface area contributed by atoms with Crippen molar-refractivity contribution in [3.63, 3.8) is 0 Å². The summed E-state index contributed by atoms with van der Waals surface area (Å²) in [5.74, 6) is 0.545. The zero-order chi connectivity index (χ0) is 12.4. The van der Waals surface area contributed by atoms with Crippen LogP contribution in [0.25, 0.3) is 10.9 Å². The molecule has 0 aliphatic heterocycles. The van der Waals surface area contributed by atoms with Gasteiger partial charge in [0.25, 0.3) is 0 Å². The SMILES string of the molecule is BN(O)C(CC(C)C)c1c[nH]c2ccccc12. The summed E-state index contributed by atoms with van der Waals surface area (Å²) in [6.45, 7) is 4.34. The van der Waals surface area contributed by atoms with Gasteiger partial charge in [-0.3, -0.25) is 0 Å². The van der Waals surface area contributed by atoms with Gasteiger partial charge in [0.2, 0.25) is 7.98 Å². The van der Waals surface area contributed by atoms with E-state index in [2.05, 4.69) is 31.0 Å². The number of fused-ring (bicyclic) bond motifs is 1. The van der Waals surface area contributed by atoms with E-state index in [1.807, 2.05) is 18.3 Å². The summed E-state index contributed by atoms with van der Waals surface area (Å²) in [5, 5.41) is 11.0. The van der Waals surface area contributed by atoms with Crippen molar-refractivity contribution >= 4 is 18.9 Å². The Bertz CT molecular complexity index is 493. The zero-order valence-electron chi connectivity index (χ0n) is 10.6. The van der Waals surface area contributed by atoms with Gasteiger partial charge in [0.1, 0.15) is 0 Å². The van der Waals surface area contributed by atoms with E-state index in [1.54, 1.807) is 7.98 Å². The van der Waals surface area contributed by atoms with Crippen molar-refractivity contribution in [2.24, 2.45) is 5.92 Å². The molecule has 2 N–H and O–H groups in total. The van der Waals surface area contributed by atoms with Crippen LogP contribution in [-0.4, -0.2) is 23.1 Å². The fourth-order valence-corrected chi connectivity index (χ4v) is 2.30. The Balaban J connectivity index is 2.41. The molecule has 17 heavy (non-hydrogen) atoms. The van der Waals surface area contributed by atoms with Gasteiger partial charge in [-0.05, 0) is 24.0 Å². The highest BCUT2D eigenvalue weighted by Crippen LogP contribution is 2.31. The first-order chi connectivity index (χ1) is 8.09. The van der Waals surface area contributed by atoms with Crippen LogP contribution in [-0.2, 0) is 0 Å². The van der Waals surface area contributed by atoms with E-state index in [0.717, 1.165) is 11.9 Å². The average Bonchev–Trinajstić information content (AvgIpc) is 2.69. The lowest BCUT2D eigenvalue weighted by Crippen LogP contribution is -2.23. The number of aromatic nitrogens is 1. The first kappa shape index (κ1) is 12.2. The summed E-state index contributed by atoms with van der Waals surface area (Å²) in [5.41, 5.74) is 2.29. The van der Waals surface area contributed by atoms with Crippen molar-refractivity contribution in [2.75, 3.05) is 0 Å². The number of nitrogens with one attached hydrogen (secondary N) is 1. The van der Waals surface area contributed by atoms with Crippen molar-refractivity contribution in [2.45, 2.75) is 26.3 Å². The molecule has 90 valence electrons. The second-order valence-corrected chi connectivity index (χ2v) is 5.01. The smallest absolute Gasteiger partial charge is 0.221 e. The van der Waals surface area contributed by atoms with Gasteiger partial charge in [0.05, 0.1) is 0 Å². The Kier molecular flexibility index (Phi) is 3.55. The highest BCUT2D eigenvalue weighted by atomic mass is 16.5. The molecule has 2 aromatic rings. The Hall–Kier alpha value is -1.26. The van der Waals surface area contributed by atoms with Crippen LogP contribution in [0.15, 0.2) is 30.5 Å². The molecule has 0 radical (unpaired) electrons. The average molecular weight is 230 g/mol. The summed E-state index contributed by atoms with van der Waals surface area (Å²) < 4.78 is 0. The number of para-hydroxylation sites is 1. The van der Waals surface area contributed by atoms with Crippen LogP contribution in [0.1, 0.15) is 31.9 Å². The first-order valence-electron chi connectivity index (χ1n) is 6.07. The topological polar surface area (TPSA) is 39.3 Å². The predicted molar refractivity (Wildman–Crippen MR) is 72.7 cm³/mol. The molecule has 2 rings (SSSR count). The number of hydrogen-bond donors (Lipinski definition) is 2. The predicted octanol–water partition coefficient (Wildman–Crippen LogP) is 2.49. The van der Waals surface area contributed by atoms with Crippen LogP contribution in [0.4, 0.5) is 0 Å². The lowest BCUT2D eigenvalue weighted by molar-refractivity contribution is -0.0424. The molecule has 0 amide bonds. The number of H-pyrrole nitrogens is 1. The van der Waals surface area contributed by atoms with Gasteiger partial charge in [-0.2, -0.15) is 0 Å². The molecule has 0 aliphatic rings. The fraction of sp³-hybridized carbons (Fsp3) is 0.385. The maximum atomic E-state index is 9.81. The second kappa shape index (κ2) is 4.94. The first-order valence-corrected chi connectivity index (χ1v) is 6.07. The number of hydrogen-bond acceptors (Lipinski definition) is 2. The third kappa shape index (κ3) is 2.53. The standard InChI is InChI=1S/C13H19BN2O/c1-9(2)7-13(16(14)17)11-8-15-12-6-4-3-5-10(11)12/h3-6,8-9,13,15,17H,7,14H2,1-2H3. The molecular weight excluding hydrogens is 211 g/mol. The Morgan fingerprint density at radius 2 is 2.06 bits per heavy atom. The van der Waals surface area contributed by atoms with Crippen LogP contribution in [0.3, 0.4) is 0 Å². The van der Waals surface area contributed by atoms with E-state index in [-0.39, 0.29) is 6.04 Å². The zero-order valence-corrected chi connectivity index (χ0v) is 10.6. The molecule has 0 bridgehead atoms. The molecular formula is C13H19BN2O. The maximum Gasteiger partial charge on any atom is 0.221 e. The minimum absolute atomic E-state index is 0.0474. The summed E-state index contributed by atoms with van der Waals surface area (Å²) in [6.07, 6.45) is 2.94. The third-order valence-electron chi connectivity index (χ3n) is 3.13. The highest BCUT2D eigenvalue weighted by Gasteiger charge is 2.19. The molecule has 0 fully saturated rings. The minimum atomic E-state index is 0.0474. The van der Waals surface area contributed by atoms with Crippen molar-refractivity contribution in [1.82, 2.24) is 9.96 Å². The summed E-state index contributed by atoms with van der Waals surface area (Å²) in [4.78, 5) is 4.57. The van der Waals surface area contributed by atoms with Gasteiger partial charge >= 0.3 is 0 Å². The number of hydroxylamine groups is 1. The van der Waals surface area contributed by atoms with E-state index in [4.69, 9.17) is 0 Å². The van der Waals surface area contributed by atoms with Crippen LogP contribution >= 0.6 is 0 Å². The number of aromatic amines is 1. The molecule has 0 saturated heterocycles. The Morgan fingerprint density at radius 3 is 2.71 bits per heavy atom. The van der Waals surface area contributed by atoms with Crippen molar-refractivity contribution in [1.29, 1.82) is 0 Å². The van der Waals surface area contributed by atoms with Gasteiger partial charge in [-0.1, -0.05) is 32.0 Å². The Morgan fingerprint density at radius 1 is 1.35 bits per heavy atom. The number of nitrogens with zero attached hydrogens (tertiary/aromatic N) is 1. The van der Waals surface area contributed by atoms with E-state index in [1.165, 1.54) is 15.9 Å². The quantitative estimate of drug-likeness (QED) is 0.625. The van der Waals surface area contributed by atoms with Crippen molar-refractivity contribution in [3.05, 3.63) is 36.0 Å². The monoisotopic (exact) mass is 230 g/mol. The van der Waals surface area contributed by atoms with Gasteiger partial charge in [0.15, 0.2) is 0 Å². The van der Waals surface area contributed by atoms with Crippen molar-refractivity contribution < 1.29 is 5.21 Å².